The van der Waals surface area contributed by atoms with Gasteiger partial charge in [-0.05, 0) is 12.8 Å². The molecule has 0 aromatic carbocycles. The third-order valence-corrected chi connectivity index (χ3v) is 8.01. The highest BCUT2D eigenvalue weighted by Crippen LogP contribution is 2.16. The fourth-order valence-electron chi connectivity index (χ4n) is 5.28. The Hall–Kier alpha value is -0.740. The predicted octanol–water partition coefficient (Wildman–Crippen LogP) is 9.81. The molecule has 0 aliphatic carbocycles. The molecule has 0 heterocycles. The minimum absolute atomic E-state index is 0.252. The van der Waals surface area contributed by atoms with Gasteiger partial charge in [-0.2, -0.15) is 0 Å². The quantitative estimate of drug-likeness (QED) is 0.0861. The summed E-state index contributed by atoms with van der Waals surface area (Å²) in [7, 11) is 0. The molecule has 0 aromatic heterocycles. The van der Waals surface area contributed by atoms with E-state index in [1.54, 1.807) is 0 Å². The van der Waals surface area contributed by atoms with Crippen LogP contribution < -0.4 is 0 Å². The highest BCUT2D eigenvalue weighted by atomic mass is 16.3. The van der Waals surface area contributed by atoms with Gasteiger partial charge in [0.1, 0.15) is 12.2 Å². The number of aliphatic hydroxyl groups excluding tert-OH is 2. The first-order valence-electron chi connectivity index (χ1n) is 17.0. The Morgan fingerprint density at radius 2 is 0.553 bits per heavy atom. The van der Waals surface area contributed by atoms with Crippen molar-refractivity contribution in [3.63, 3.8) is 0 Å². The van der Waals surface area contributed by atoms with Crippen LogP contribution in [0.25, 0.3) is 0 Å². The van der Waals surface area contributed by atoms with E-state index in [9.17, 15) is 19.8 Å². The molecule has 4 nitrogen and oxygen atoms in total. The first-order chi connectivity index (χ1) is 18.5. The SMILES string of the molecule is CCCCCCCCCCCCCCCC(=O)C(O)C(O)C(=O)CCCCCCCCCCCCCCC. The molecule has 0 aliphatic rings. The average molecular weight is 539 g/mol. The fourth-order valence-corrected chi connectivity index (χ4v) is 5.28. The van der Waals surface area contributed by atoms with Crippen molar-refractivity contribution in [1.29, 1.82) is 0 Å². The monoisotopic (exact) mass is 538 g/mol. The second kappa shape index (κ2) is 29.2. The van der Waals surface area contributed by atoms with E-state index in [-0.39, 0.29) is 24.4 Å². The van der Waals surface area contributed by atoms with E-state index in [2.05, 4.69) is 13.8 Å². The van der Waals surface area contributed by atoms with Crippen LogP contribution in [0.15, 0.2) is 0 Å². The van der Waals surface area contributed by atoms with Gasteiger partial charge < -0.3 is 10.2 Å². The van der Waals surface area contributed by atoms with E-state index in [0.29, 0.717) is 0 Å². The van der Waals surface area contributed by atoms with Crippen LogP contribution in [0.4, 0.5) is 0 Å². The first-order valence-corrected chi connectivity index (χ1v) is 17.0. The normalized spacial score (nSPS) is 13.1. The highest BCUT2D eigenvalue weighted by Gasteiger charge is 2.28. The topological polar surface area (TPSA) is 74.6 Å². The standard InChI is InChI=1S/C34H66O4/c1-3-5-7-9-11-13-15-17-19-21-23-25-27-29-31(35)33(37)34(38)32(36)30-28-26-24-22-20-18-16-14-12-10-8-6-4-2/h33-34,37-38H,3-30H2,1-2H3. The summed E-state index contributed by atoms with van der Waals surface area (Å²) in [6.07, 6.45) is 29.6. The number of rotatable bonds is 31. The molecule has 2 atom stereocenters. The summed E-state index contributed by atoms with van der Waals surface area (Å²) >= 11 is 0. The van der Waals surface area contributed by atoms with Gasteiger partial charge in [-0.25, -0.2) is 0 Å². The van der Waals surface area contributed by atoms with Crippen LogP contribution in [-0.2, 0) is 9.59 Å². The van der Waals surface area contributed by atoms with Crippen molar-refractivity contribution >= 4 is 11.6 Å². The lowest BCUT2D eigenvalue weighted by Crippen LogP contribution is -2.39. The smallest absolute Gasteiger partial charge is 0.164 e. The molecule has 0 bridgehead atoms. The maximum Gasteiger partial charge on any atom is 0.164 e. The van der Waals surface area contributed by atoms with Crippen molar-refractivity contribution in [2.45, 2.75) is 206 Å². The van der Waals surface area contributed by atoms with Gasteiger partial charge in [-0.1, -0.05) is 168 Å². The summed E-state index contributed by atoms with van der Waals surface area (Å²) < 4.78 is 0. The van der Waals surface area contributed by atoms with Gasteiger partial charge in [0, 0.05) is 12.8 Å². The van der Waals surface area contributed by atoms with Gasteiger partial charge in [0.2, 0.25) is 0 Å². The van der Waals surface area contributed by atoms with Crippen molar-refractivity contribution < 1.29 is 19.8 Å². The molecule has 2 N–H and O–H groups in total. The third kappa shape index (κ3) is 24.3. The van der Waals surface area contributed by atoms with Crippen LogP contribution in [0.3, 0.4) is 0 Å². The number of hydrogen-bond donors (Lipinski definition) is 2. The molecule has 0 amide bonds. The Morgan fingerprint density at radius 1 is 0.368 bits per heavy atom. The third-order valence-electron chi connectivity index (χ3n) is 8.01. The Kier molecular flexibility index (Phi) is 28.7. The molecule has 0 saturated heterocycles. The Bertz CT molecular complexity index is 473. The minimum atomic E-state index is -1.55. The van der Waals surface area contributed by atoms with Crippen molar-refractivity contribution in [3.05, 3.63) is 0 Å². The molecule has 0 radical (unpaired) electrons. The van der Waals surface area contributed by atoms with Crippen molar-refractivity contribution in [1.82, 2.24) is 0 Å². The number of aliphatic hydroxyl groups is 2. The van der Waals surface area contributed by atoms with Gasteiger partial charge >= 0.3 is 0 Å². The maximum atomic E-state index is 12.2. The van der Waals surface area contributed by atoms with Crippen LogP contribution in [0, 0.1) is 0 Å². The molecule has 4 heteroatoms. The molecular formula is C34H66O4. The largest absolute Gasteiger partial charge is 0.382 e. The number of unbranched alkanes of at least 4 members (excludes halogenated alkanes) is 24. The molecule has 38 heavy (non-hydrogen) atoms. The minimum Gasteiger partial charge on any atom is -0.382 e. The second-order valence-electron chi connectivity index (χ2n) is 11.8. The van der Waals surface area contributed by atoms with Crippen LogP contribution in [0.1, 0.15) is 194 Å². The second-order valence-corrected chi connectivity index (χ2v) is 11.8. The van der Waals surface area contributed by atoms with E-state index >= 15 is 0 Å². The summed E-state index contributed by atoms with van der Waals surface area (Å²) in [6, 6.07) is 0. The molecule has 0 saturated carbocycles. The van der Waals surface area contributed by atoms with Gasteiger partial charge in [-0.15, -0.1) is 0 Å². The van der Waals surface area contributed by atoms with Gasteiger partial charge in [0.25, 0.3) is 0 Å². The van der Waals surface area contributed by atoms with E-state index in [1.165, 1.54) is 128 Å². The number of ketones is 2. The summed E-state index contributed by atoms with van der Waals surface area (Å²) in [5.74, 6) is -0.779. The van der Waals surface area contributed by atoms with Crippen LogP contribution in [-0.4, -0.2) is 34.0 Å². The number of carbonyl (C=O) groups excluding carboxylic acids is 2. The zero-order chi connectivity index (χ0) is 28.1. The Morgan fingerprint density at radius 3 is 0.763 bits per heavy atom. The van der Waals surface area contributed by atoms with E-state index < -0.39 is 12.2 Å². The van der Waals surface area contributed by atoms with Crippen molar-refractivity contribution in [2.75, 3.05) is 0 Å². The number of hydrogen-bond acceptors (Lipinski definition) is 4. The Labute approximate surface area is 237 Å². The lowest BCUT2D eigenvalue weighted by molar-refractivity contribution is -0.143. The summed E-state index contributed by atoms with van der Waals surface area (Å²) in [6.45, 7) is 4.51. The Balaban J connectivity index is 3.58. The lowest BCUT2D eigenvalue weighted by Gasteiger charge is -2.15. The lowest BCUT2D eigenvalue weighted by atomic mass is 9.97. The van der Waals surface area contributed by atoms with Crippen LogP contribution >= 0.6 is 0 Å². The molecule has 2 unspecified atom stereocenters. The number of carbonyl (C=O) groups is 2. The van der Waals surface area contributed by atoms with Crippen molar-refractivity contribution in [3.8, 4) is 0 Å². The molecule has 0 spiro atoms. The summed E-state index contributed by atoms with van der Waals surface area (Å²) in [5, 5.41) is 20.3. The van der Waals surface area contributed by atoms with Gasteiger partial charge in [-0.3, -0.25) is 9.59 Å². The van der Waals surface area contributed by atoms with Crippen molar-refractivity contribution in [2.24, 2.45) is 0 Å². The molecule has 0 aromatic rings. The maximum absolute atomic E-state index is 12.2. The van der Waals surface area contributed by atoms with E-state index in [4.69, 9.17) is 0 Å². The number of Topliss-reactive ketones (excluding diaryl/α,β-unsaturated/α-hetero) is 2. The molecule has 0 rings (SSSR count). The zero-order valence-corrected chi connectivity index (χ0v) is 25.7. The fraction of sp³-hybridized carbons (Fsp3) is 0.941. The highest BCUT2D eigenvalue weighted by molar-refractivity contribution is 5.92. The summed E-state index contributed by atoms with van der Waals surface area (Å²) in [4.78, 5) is 24.4. The molecule has 0 aliphatic heterocycles. The predicted molar refractivity (Wildman–Crippen MR) is 163 cm³/mol. The first kappa shape index (κ1) is 37.3. The zero-order valence-electron chi connectivity index (χ0n) is 25.7. The molecule has 0 fully saturated rings. The molecular weight excluding hydrogens is 472 g/mol. The van der Waals surface area contributed by atoms with E-state index in [1.807, 2.05) is 0 Å². The van der Waals surface area contributed by atoms with Gasteiger partial charge in [0.05, 0.1) is 0 Å². The van der Waals surface area contributed by atoms with E-state index in [0.717, 1.165) is 38.5 Å². The van der Waals surface area contributed by atoms with Crippen LogP contribution in [0.5, 0.6) is 0 Å². The van der Waals surface area contributed by atoms with Gasteiger partial charge in [0.15, 0.2) is 11.6 Å². The van der Waals surface area contributed by atoms with Crippen LogP contribution in [0.2, 0.25) is 0 Å². The molecule has 226 valence electrons. The average Bonchev–Trinajstić information content (AvgIpc) is 2.92. The summed E-state index contributed by atoms with van der Waals surface area (Å²) in [5.41, 5.74) is 0.